The molecule has 3 rings (SSSR count). The maximum Gasteiger partial charge on any atom is 0.261 e. The van der Waals surface area contributed by atoms with Gasteiger partial charge in [0.25, 0.3) is 5.91 Å². The molecule has 0 spiro atoms. The zero-order valence-electron chi connectivity index (χ0n) is 16.6. The molecule has 0 aliphatic heterocycles. The Labute approximate surface area is 164 Å². The first-order valence-corrected chi connectivity index (χ1v) is 9.26. The van der Waals surface area contributed by atoms with Gasteiger partial charge in [-0.2, -0.15) is 4.98 Å². The third-order valence-electron chi connectivity index (χ3n) is 4.32. The Morgan fingerprint density at radius 1 is 1.11 bits per heavy atom. The molecule has 1 amide bonds. The van der Waals surface area contributed by atoms with Gasteiger partial charge >= 0.3 is 0 Å². The lowest BCUT2D eigenvalue weighted by Crippen LogP contribution is -2.36. The van der Waals surface area contributed by atoms with Gasteiger partial charge in [0.15, 0.2) is 6.10 Å². The Balaban J connectivity index is 1.53. The number of hydrogen-bond donors (Lipinski definition) is 1. The Hall–Kier alpha value is -3.15. The predicted octanol–water partition coefficient (Wildman–Crippen LogP) is 4.12. The molecule has 0 fully saturated rings. The molecule has 0 saturated carbocycles. The summed E-state index contributed by atoms with van der Waals surface area (Å²) in [4.78, 5) is 16.6. The highest BCUT2D eigenvalue weighted by molar-refractivity contribution is 5.80. The van der Waals surface area contributed by atoms with Crippen LogP contribution in [0, 0.1) is 0 Å². The molecule has 1 N–H and O–H groups in total. The van der Waals surface area contributed by atoms with Gasteiger partial charge in [-0.1, -0.05) is 68.4 Å². The highest BCUT2D eigenvalue weighted by atomic mass is 16.5. The van der Waals surface area contributed by atoms with Crippen LogP contribution in [-0.4, -0.2) is 22.2 Å². The zero-order chi connectivity index (χ0) is 20.1. The molecule has 1 unspecified atom stereocenters. The number of aromatic nitrogens is 2. The maximum atomic E-state index is 12.3. The highest BCUT2D eigenvalue weighted by Gasteiger charge is 2.17. The Bertz CT molecular complexity index is 912. The van der Waals surface area contributed by atoms with Crippen LogP contribution in [-0.2, 0) is 16.8 Å². The lowest BCUT2D eigenvalue weighted by molar-refractivity contribution is -0.127. The third-order valence-corrected chi connectivity index (χ3v) is 4.32. The first kappa shape index (κ1) is 19.6. The maximum absolute atomic E-state index is 12.3. The lowest BCUT2D eigenvalue weighted by Gasteiger charge is -2.20. The van der Waals surface area contributed by atoms with Crippen molar-refractivity contribution in [1.82, 2.24) is 15.5 Å². The van der Waals surface area contributed by atoms with Gasteiger partial charge in [-0.3, -0.25) is 4.79 Å². The van der Waals surface area contributed by atoms with Crippen molar-refractivity contribution in [3.63, 3.8) is 0 Å². The molecule has 1 atom stereocenters. The molecule has 146 valence electrons. The number of carbonyl (C=O) groups is 1. The fourth-order valence-corrected chi connectivity index (χ4v) is 2.63. The van der Waals surface area contributed by atoms with E-state index in [-0.39, 0.29) is 17.9 Å². The minimum atomic E-state index is -0.642. The van der Waals surface area contributed by atoms with Crippen molar-refractivity contribution in [2.75, 3.05) is 0 Å². The summed E-state index contributed by atoms with van der Waals surface area (Å²) in [7, 11) is 0. The fourth-order valence-electron chi connectivity index (χ4n) is 2.63. The molecule has 28 heavy (non-hydrogen) atoms. The Kier molecular flexibility index (Phi) is 5.78. The third kappa shape index (κ3) is 4.97. The molecule has 1 heterocycles. The first-order valence-electron chi connectivity index (χ1n) is 9.26. The molecular formula is C22H25N3O3. The van der Waals surface area contributed by atoms with E-state index in [4.69, 9.17) is 9.26 Å². The summed E-state index contributed by atoms with van der Waals surface area (Å²) in [5.74, 6) is 1.24. The van der Waals surface area contributed by atoms with Gasteiger partial charge in [-0.25, -0.2) is 0 Å². The minimum Gasteiger partial charge on any atom is -0.481 e. The number of amides is 1. The summed E-state index contributed by atoms with van der Waals surface area (Å²) >= 11 is 0. The van der Waals surface area contributed by atoms with Crippen LogP contribution in [0.25, 0.3) is 11.4 Å². The minimum absolute atomic E-state index is 0.0736. The van der Waals surface area contributed by atoms with E-state index in [1.807, 2.05) is 54.6 Å². The van der Waals surface area contributed by atoms with Crippen LogP contribution in [0.4, 0.5) is 0 Å². The van der Waals surface area contributed by atoms with E-state index in [1.54, 1.807) is 6.92 Å². The van der Waals surface area contributed by atoms with Crippen molar-refractivity contribution in [2.45, 2.75) is 45.8 Å². The van der Waals surface area contributed by atoms with E-state index in [0.717, 1.165) is 5.56 Å². The molecule has 2 aromatic carbocycles. The molecule has 6 nitrogen and oxygen atoms in total. The van der Waals surface area contributed by atoms with Gasteiger partial charge in [0.1, 0.15) is 5.75 Å². The molecule has 1 aromatic heterocycles. The lowest BCUT2D eigenvalue weighted by atomic mass is 9.87. The van der Waals surface area contributed by atoms with Crippen LogP contribution in [0.1, 0.15) is 39.1 Å². The summed E-state index contributed by atoms with van der Waals surface area (Å²) in [6, 6.07) is 17.3. The van der Waals surface area contributed by atoms with E-state index in [9.17, 15) is 4.79 Å². The van der Waals surface area contributed by atoms with Gasteiger partial charge in [0.05, 0.1) is 6.54 Å². The average molecular weight is 379 g/mol. The van der Waals surface area contributed by atoms with Crippen molar-refractivity contribution in [3.05, 3.63) is 66.1 Å². The monoisotopic (exact) mass is 379 g/mol. The molecule has 0 aliphatic rings. The van der Waals surface area contributed by atoms with Crippen LogP contribution in [0.3, 0.4) is 0 Å². The normalized spacial score (nSPS) is 12.4. The number of nitrogens with one attached hydrogen (secondary N) is 1. The van der Waals surface area contributed by atoms with E-state index in [0.29, 0.717) is 17.5 Å². The molecule has 0 saturated heterocycles. The fraction of sp³-hybridized carbons (Fsp3) is 0.318. The van der Waals surface area contributed by atoms with E-state index in [2.05, 4.69) is 36.2 Å². The summed E-state index contributed by atoms with van der Waals surface area (Å²) in [5, 5.41) is 6.70. The van der Waals surface area contributed by atoms with Crippen LogP contribution >= 0.6 is 0 Å². The van der Waals surface area contributed by atoms with Crippen molar-refractivity contribution in [1.29, 1.82) is 0 Å². The van der Waals surface area contributed by atoms with E-state index in [1.165, 1.54) is 5.56 Å². The summed E-state index contributed by atoms with van der Waals surface area (Å²) in [6.45, 7) is 8.31. The van der Waals surface area contributed by atoms with Crippen LogP contribution < -0.4 is 10.1 Å². The number of benzene rings is 2. The summed E-state index contributed by atoms with van der Waals surface area (Å²) in [6.07, 6.45) is -0.642. The topological polar surface area (TPSA) is 77.2 Å². The smallest absolute Gasteiger partial charge is 0.261 e. The second-order valence-corrected chi connectivity index (χ2v) is 7.63. The zero-order valence-corrected chi connectivity index (χ0v) is 16.6. The van der Waals surface area contributed by atoms with Crippen molar-refractivity contribution in [2.24, 2.45) is 0 Å². The molecular weight excluding hydrogens is 354 g/mol. The van der Waals surface area contributed by atoms with Gasteiger partial charge < -0.3 is 14.6 Å². The Morgan fingerprint density at radius 3 is 2.43 bits per heavy atom. The average Bonchev–Trinajstić information content (AvgIpc) is 3.15. The van der Waals surface area contributed by atoms with Gasteiger partial charge in [-0.05, 0) is 30.0 Å². The SMILES string of the molecule is CC(Oc1ccc(C(C)(C)C)cc1)C(=O)NCc1nc(-c2ccccc2)no1. The van der Waals surface area contributed by atoms with E-state index >= 15 is 0 Å². The first-order chi connectivity index (χ1) is 13.3. The molecule has 3 aromatic rings. The predicted molar refractivity (Wildman–Crippen MR) is 107 cm³/mol. The van der Waals surface area contributed by atoms with Crippen LogP contribution in [0.15, 0.2) is 59.1 Å². The summed E-state index contributed by atoms with van der Waals surface area (Å²) < 4.78 is 10.9. The second kappa shape index (κ2) is 8.25. The van der Waals surface area contributed by atoms with Gasteiger partial charge in [0, 0.05) is 5.56 Å². The summed E-state index contributed by atoms with van der Waals surface area (Å²) in [5.41, 5.74) is 2.14. The molecule has 6 heteroatoms. The number of rotatable bonds is 6. The van der Waals surface area contributed by atoms with Crippen molar-refractivity contribution in [3.8, 4) is 17.1 Å². The second-order valence-electron chi connectivity index (χ2n) is 7.63. The van der Waals surface area contributed by atoms with Crippen LogP contribution in [0.5, 0.6) is 5.75 Å². The number of hydrogen-bond acceptors (Lipinski definition) is 5. The van der Waals surface area contributed by atoms with E-state index < -0.39 is 6.10 Å². The van der Waals surface area contributed by atoms with Gasteiger partial charge in [-0.15, -0.1) is 0 Å². The highest BCUT2D eigenvalue weighted by Crippen LogP contribution is 2.24. The largest absolute Gasteiger partial charge is 0.481 e. The molecule has 0 radical (unpaired) electrons. The standard InChI is InChI=1S/C22H25N3O3/c1-15(27-18-12-10-17(11-13-18)22(2,3)4)21(26)23-14-19-24-20(25-28-19)16-8-6-5-7-9-16/h5-13,15H,14H2,1-4H3,(H,23,26). The molecule has 0 bridgehead atoms. The number of ether oxygens (including phenoxy) is 1. The molecule has 0 aliphatic carbocycles. The van der Waals surface area contributed by atoms with Gasteiger partial charge in [0.2, 0.25) is 11.7 Å². The van der Waals surface area contributed by atoms with Crippen molar-refractivity contribution < 1.29 is 14.1 Å². The number of carbonyl (C=O) groups excluding carboxylic acids is 1. The Morgan fingerprint density at radius 2 is 1.79 bits per heavy atom. The van der Waals surface area contributed by atoms with Crippen LogP contribution in [0.2, 0.25) is 0 Å². The van der Waals surface area contributed by atoms with Crippen molar-refractivity contribution >= 4 is 5.91 Å². The number of nitrogens with zero attached hydrogens (tertiary/aromatic N) is 2. The quantitative estimate of drug-likeness (QED) is 0.697.